The minimum atomic E-state index is -0.354. The van der Waals surface area contributed by atoms with Gasteiger partial charge in [-0.1, -0.05) is 31.0 Å². The number of aryl methyl sites for hydroxylation is 1. The van der Waals surface area contributed by atoms with E-state index in [4.69, 9.17) is 0 Å². The van der Waals surface area contributed by atoms with E-state index in [1.165, 1.54) is 0 Å². The first-order valence-electron chi connectivity index (χ1n) is 9.18. The molecule has 4 rings (SSSR count). The third-order valence-corrected chi connectivity index (χ3v) is 6.55. The molecule has 2 aromatic rings. The highest BCUT2D eigenvalue weighted by Crippen LogP contribution is 2.40. The van der Waals surface area contributed by atoms with Crippen LogP contribution in [-0.2, 0) is 16.8 Å². The Kier molecular flexibility index (Phi) is 4.53. The number of hydrogen-bond donors (Lipinski definition) is 1. The normalized spacial score (nSPS) is 18.7. The molecule has 0 unspecified atom stereocenters. The van der Waals surface area contributed by atoms with Crippen molar-refractivity contribution in [3.63, 3.8) is 0 Å². The van der Waals surface area contributed by atoms with Crippen LogP contribution in [0.2, 0.25) is 0 Å². The molecule has 6 heteroatoms. The van der Waals surface area contributed by atoms with Crippen molar-refractivity contribution in [3.8, 4) is 0 Å². The van der Waals surface area contributed by atoms with E-state index in [-0.39, 0.29) is 23.9 Å². The topological polar surface area (TPSA) is 62.3 Å². The summed E-state index contributed by atoms with van der Waals surface area (Å²) >= 11 is 1.62. The minimum absolute atomic E-state index is 0.0486. The van der Waals surface area contributed by atoms with Crippen LogP contribution in [0.1, 0.15) is 52.3 Å². The molecule has 1 aromatic carbocycles. The third-order valence-electron chi connectivity index (χ3n) is 5.38. The van der Waals surface area contributed by atoms with Gasteiger partial charge in [0.2, 0.25) is 5.91 Å². The number of nitrogens with one attached hydrogen (secondary N) is 1. The van der Waals surface area contributed by atoms with Gasteiger partial charge in [0.1, 0.15) is 5.01 Å². The lowest BCUT2D eigenvalue weighted by Gasteiger charge is -2.32. The number of hydrogen-bond acceptors (Lipinski definition) is 4. The first kappa shape index (κ1) is 17.2. The molecule has 1 aliphatic carbocycles. The van der Waals surface area contributed by atoms with Crippen molar-refractivity contribution in [2.45, 2.75) is 44.6 Å². The van der Waals surface area contributed by atoms with E-state index in [0.717, 1.165) is 53.9 Å². The zero-order valence-electron chi connectivity index (χ0n) is 15.0. The van der Waals surface area contributed by atoms with E-state index in [1.807, 2.05) is 36.6 Å². The second kappa shape index (κ2) is 6.83. The zero-order valence-corrected chi connectivity index (χ0v) is 15.8. The SMILES string of the molecule is Cc1csc(C2(NC(=O)CN3CCc4ccccc4C3=O)CCCC2)n1. The van der Waals surface area contributed by atoms with Crippen LogP contribution in [0.3, 0.4) is 0 Å². The van der Waals surface area contributed by atoms with E-state index in [1.54, 1.807) is 16.2 Å². The molecular weight excluding hydrogens is 346 g/mol. The van der Waals surface area contributed by atoms with Gasteiger partial charge < -0.3 is 10.2 Å². The number of thiazole rings is 1. The zero-order chi connectivity index (χ0) is 18.1. The summed E-state index contributed by atoms with van der Waals surface area (Å²) in [5, 5.41) is 6.26. The van der Waals surface area contributed by atoms with Crippen molar-refractivity contribution in [1.82, 2.24) is 15.2 Å². The van der Waals surface area contributed by atoms with Gasteiger partial charge in [0.25, 0.3) is 5.91 Å². The van der Waals surface area contributed by atoms with Crippen molar-refractivity contribution in [3.05, 3.63) is 51.5 Å². The van der Waals surface area contributed by atoms with Gasteiger partial charge in [-0.25, -0.2) is 4.98 Å². The van der Waals surface area contributed by atoms with Crippen LogP contribution in [0, 0.1) is 6.92 Å². The number of rotatable bonds is 4. The Morgan fingerprint density at radius 2 is 2.08 bits per heavy atom. The average Bonchev–Trinajstić information content (AvgIpc) is 3.28. The van der Waals surface area contributed by atoms with Crippen LogP contribution in [0.4, 0.5) is 0 Å². The van der Waals surface area contributed by atoms with Gasteiger partial charge in [0, 0.05) is 23.2 Å². The van der Waals surface area contributed by atoms with Crippen molar-refractivity contribution >= 4 is 23.2 Å². The quantitative estimate of drug-likeness (QED) is 0.901. The first-order chi connectivity index (χ1) is 12.6. The largest absolute Gasteiger partial charge is 0.343 e. The summed E-state index contributed by atoms with van der Waals surface area (Å²) in [6.07, 6.45) is 4.82. The number of benzene rings is 1. The maximum Gasteiger partial charge on any atom is 0.254 e. The molecule has 2 amide bonds. The van der Waals surface area contributed by atoms with Crippen LogP contribution in [0.15, 0.2) is 29.6 Å². The second-order valence-corrected chi connectivity index (χ2v) is 8.12. The van der Waals surface area contributed by atoms with Gasteiger partial charge in [0.05, 0.1) is 12.1 Å². The lowest BCUT2D eigenvalue weighted by Crippen LogP contribution is -2.50. The van der Waals surface area contributed by atoms with Crippen molar-refractivity contribution < 1.29 is 9.59 Å². The highest BCUT2D eigenvalue weighted by molar-refractivity contribution is 7.09. The van der Waals surface area contributed by atoms with Gasteiger partial charge in [-0.2, -0.15) is 0 Å². The molecular formula is C20H23N3O2S. The Morgan fingerprint density at radius 1 is 1.31 bits per heavy atom. The molecule has 1 saturated carbocycles. The monoisotopic (exact) mass is 369 g/mol. The summed E-state index contributed by atoms with van der Waals surface area (Å²) < 4.78 is 0. The van der Waals surface area contributed by atoms with E-state index < -0.39 is 0 Å². The number of carbonyl (C=O) groups is 2. The molecule has 2 heterocycles. The van der Waals surface area contributed by atoms with Crippen LogP contribution in [-0.4, -0.2) is 34.8 Å². The van der Waals surface area contributed by atoms with E-state index in [9.17, 15) is 9.59 Å². The molecule has 0 bridgehead atoms. The number of nitrogens with zero attached hydrogens (tertiary/aromatic N) is 2. The maximum atomic E-state index is 12.8. The number of amides is 2. The number of carbonyl (C=O) groups excluding carboxylic acids is 2. The molecule has 1 fully saturated rings. The summed E-state index contributed by atoms with van der Waals surface area (Å²) in [5.74, 6) is -0.139. The maximum absolute atomic E-state index is 12.8. The van der Waals surface area contributed by atoms with Gasteiger partial charge in [-0.3, -0.25) is 9.59 Å². The summed E-state index contributed by atoms with van der Waals surface area (Å²) in [5.41, 5.74) is 2.43. The standard InChI is InChI=1S/C20H23N3O2S/c1-14-13-26-19(21-14)20(9-4-5-10-20)22-17(24)12-23-11-8-15-6-2-3-7-16(15)18(23)25/h2-3,6-7,13H,4-5,8-12H2,1H3,(H,22,24). The average molecular weight is 369 g/mol. The van der Waals surface area contributed by atoms with E-state index >= 15 is 0 Å². The van der Waals surface area contributed by atoms with Gasteiger partial charge in [-0.05, 0) is 37.8 Å². The van der Waals surface area contributed by atoms with Gasteiger partial charge in [-0.15, -0.1) is 11.3 Å². The third kappa shape index (κ3) is 3.14. The Labute approximate surface area is 157 Å². The van der Waals surface area contributed by atoms with Crippen LogP contribution < -0.4 is 5.32 Å². The summed E-state index contributed by atoms with van der Waals surface area (Å²) in [7, 11) is 0. The molecule has 26 heavy (non-hydrogen) atoms. The lowest BCUT2D eigenvalue weighted by molar-refractivity contribution is -0.123. The van der Waals surface area contributed by atoms with E-state index in [2.05, 4.69) is 10.3 Å². The summed E-state index contributed by atoms with van der Waals surface area (Å²) in [6, 6.07) is 7.66. The molecule has 1 aromatic heterocycles. The van der Waals surface area contributed by atoms with Crippen LogP contribution in [0.25, 0.3) is 0 Å². The fraction of sp³-hybridized carbons (Fsp3) is 0.450. The molecule has 2 aliphatic rings. The Morgan fingerprint density at radius 3 is 2.81 bits per heavy atom. The van der Waals surface area contributed by atoms with E-state index in [0.29, 0.717) is 6.54 Å². The molecule has 1 aliphatic heterocycles. The van der Waals surface area contributed by atoms with Gasteiger partial charge >= 0.3 is 0 Å². The Hall–Kier alpha value is -2.21. The number of fused-ring (bicyclic) bond motifs is 1. The molecule has 0 spiro atoms. The predicted octanol–water partition coefficient (Wildman–Crippen LogP) is 3.04. The fourth-order valence-corrected chi connectivity index (χ4v) is 5.06. The summed E-state index contributed by atoms with van der Waals surface area (Å²) in [6.45, 7) is 2.68. The predicted molar refractivity (Wildman–Crippen MR) is 101 cm³/mol. The first-order valence-corrected chi connectivity index (χ1v) is 10.1. The molecule has 136 valence electrons. The highest BCUT2D eigenvalue weighted by Gasteiger charge is 2.40. The molecule has 1 N–H and O–H groups in total. The fourth-order valence-electron chi connectivity index (χ4n) is 4.05. The Bertz CT molecular complexity index is 839. The smallest absolute Gasteiger partial charge is 0.254 e. The van der Waals surface area contributed by atoms with Crippen LogP contribution in [0.5, 0.6) is 0 Å². The van der Waals surface area contributed by atoms with Crippen LogP contribution >= 0.6 is 11.3 Å². The second-order valence-electron chi connectivity index (χ2n) is 7.27. The Balaban J connectivity index is 1.48. The van der Waals surface area contributed by atoms with Crippen molar-refractivity contribution in [2.75, 3.05) is 13.1 Å². The minimum Gasteiger partial charge on any atom is -0.343 e. The molecule has 0 atom stereocenters. The molecule has 5 nitrogen and oxygen atoms in total. The number of aromatic nitrogens is 1. The summed E-state index contributed by atoms with van der Waals surface area (Å²) in [4.78, 5) is 31.8. The van der Waals surface area contributed by atoms with Crippen molar-refractivity contribution in [1.29, 1.82) is 0 Å². The molecule has 0 radical (unpaired) electrons. The molecule has 0 saturated heterocycles. The van der Waals surface area contributed by atoms with Crippen molar-refractivity contribution in [2.24, 2.45) is 0 Å². The lowest BCUT2D eigenvalue weighted by atomic mass is 9.97. The van der Waals surface area contributed by atoms with Gasteiger partial charge in [0.15, 0.2) is 0 Å². The highest BCUT2D eigenvalue weighted by atomic mass is 32.1.